The van der Waals surface area contributed by atoms with Crippen molar-refractivity contribution in [1.82, 2.24) is 14.9 Å². The summed E-state index contributed by atoms with van der Waals surface area (Å²) in [6.45, 7) is 0.278. The Balaban J connectivity index is 1.77. The van der Waals surface area contributed by atoms with Crippen molar-refractivity contribution in [2.45, 2.75) is 6.54 Å². The lowest BCUT2D eigenvalue weighted by Crippen LogP contribution is -2.23. The summed E-state index contributed by atoms with van der Waals surface area (Å²) in [6, 6.07) is 11.3. The lowest BCUT2D eigenvalue weighted by Gasteiger charge is -2.11. The smallest absolute Gasteiger partial charge is 0.270 e. The Morgan fingerprint density at radius 3 is 2.76 bits per heavy atom. The second-order valence-corrected chi connectivity index (χ2v) is 5.61. The number of nitro benzene ring substituents is 1. The summed E-state index contributed by atoms with van der Waals surface area (Å²) in [7, 11) is 0. The van der Waals surface area contributed by atoms with Gasteiger partial charge in [-0.3, -0.25) is 14.9 Å². The second-order valence-electron chi connectivity index (χ2n) is 5.20. The molecule has 126 valence electrons. The Labute approximate surface area is 148 Å². The maximum Gasteiger partial charge on any atom is 0.270 e. The highest BCUT2D eigenvalue weighted by Crippen LogP contribution is 2.22. The molecule has 0 fully saturated rings. The van der Waals surface area contributed by atoms with E-state index in [1.807, 2.05) is 35.0 Å². The van der Waals surface area contributed by atoms with Crippen LogP contribution in [0.2, 0.25) is 5.02 Å². The van der Waals surface area contributed by atoms with Gasteiger partial charge in [-0.05, 0) is 17.7 Å². The predicted octanol–water partition coefficient (Wildman–Crippen LogP) is 3.36. The number of amides is 1. The quantitative estimate of drug-likeness (QED) is 0.560. The maximum atomic E-state index is 12.3. The molecule has 1 heterocycles. The highest BCUT2D eigenvalue weighted by molar-refractivity contribution is 6.34. The highest BCUT2D eigenvalue weighted by Gasteiger charge is 2.15. The Morgan fingerprint density at radius 2 is 2.08 bits per heavy atom. The number of rotatable bonds is 5. The van der Waals surface area contributed by atoms with E-state index < -0.39 is 10.8 Å². The molecule has 0 aliphatic heterocycles. The Bertz CT molecular complexity index is 925. The van der Waals surface area contributed by atoms with Gasteiger partial charge < -0.3 is 9.88 Å². The van der Waals surface area contributed by atoms with Gasteiger partial charge in [-0.25, -0.2) is 4.98 Å². The first-order valence-corrected chi connectivity index (χ1v) is 7.72. The van der Waals surface area contributed by atoms with E-state index in [9.17, 15) is 14.9 Å². The minimum absolute atomic E-state index is 0.0367. The lowest BCUT2D eigenvalue weighted by atomic mass is 10.1. The zero-order chi connectivity index (χ0) is 17.8. The fourth-order valence-electron chi connectivity index (χ4n) is 2.39. The number of halogens is 1. The van der Waals surface area contributed by atoms with Gasteiger partial charge in [0, 0.05) is 31.1 Å². The van der Waals surface area contributed by atoms with Gasteiger partial charge in [0.2, 0.25) is 0 Å². The fraction of sp³-hybridized carbons (Fsp3) is 0.0588. The summed E-state index contributed by atoms with van der Waals surface area (Å²) in [5, 5.41) is 13.6. The molecule has 0 aliphatic rings. The number of nitrogens with zero attached hydrogens (tertiary/aromatic N) is 3. The molecule has 0 unspecified atom stereocenters. The van der Waals surface area contributed by atoms with Crippen molar-refractivity contribution >= 4 is 23.2 Å². The van der Waals surface area contributed by atoms with Crippen molar-refractivity contribution in [3.05, 3.63) is 87.4 Å². The van der Waals surface area contributed by atoms with E-state index in [2.05, 4.69) is 10.3 Å². The molecule has 25 heavy (non-hydrogen) atoms. The van der Waals surface area contributed by atoms with Crippen LogP contribution in [0, 0.1) is 10.1 Å². The molecule has 0 bridgehead atoms. The molecular weight excluding hydrogens is 344 g/mol. The third-order valence-corrected chi connectivity index (χ3v) is 3.93. The molecule has 0 aliphatic carbocycles. The predicted molar refractivity (Wildman–Crippen MR) is 92.8 cm³/mol. The number of imidazole rings is 1. The summed E-state index contributed by atoms with van der Waals surface area (Å²) in [6.07, 6.45) is 5.16. The molecule has 7 nitrogen and oxygen atoms in total. The summed E-state index contributed by atoms with van der Waals surface area (Å²) in [5.41, 5.74) is 1.82. The molecule has 3 aromatic rings. The zero-order valence-electron chi connectivity index (χ0n) is 12.9. The van der Waals surface area contributed by atoms with E-state index in [-0.39, 0.29) is 22.8 Å². The van der Waals surface area contributed by atoms with Gasteiger partial charge in [-0.15, -0.1) is 0 Å². The molecule has 1 aromatic heterocycles. The van der Waals surface area contributed by atoms with E-state index >= 15 is 0 Å². The SMILES string of the molecule is O=C(NCc1ccccc1-n1ccnc1)c1ccc([N+](=O)[O-])cc1Cl. The minimum Gasteiger partial charge on any atom is -0.348 e. The van der Waals surface area contributed by atoms with Crippen LogP contribution in [0.1, 0.15) is 15.9 Å². The molecule has 0 saturated carbocycles. The van der Waals surface area contributed by atoms with Gasteiger partial charge in [0.1, 0.15) is 0 Å². The molecule has 0 atom stereocenters. The number of para-hydroxylation sites is 1. The molecule has 2 aromatic carbocycles. The standard InChI is InChI=1S/C17H13ClN4O3/c18-15-9-13(22(24)25)5-6-14(15)17(23)20-10-12-3-1-2-4-16(12)21-8-7-19-11-21/h1-9,11H,10H2,(H,20,23). The summed E-state index contributed by atoms with van der Waals surface area (Å²) in [4.78, 5) is 26.5. The molecule has 0 spiro atoms. The number of non-ortho nitro benzene ring substituents is 1. The van der Waals surface area contributed by atoms with Crippen molar-refractivity contribution in [3.8, 4) is 5.69 Å². The highest BCUT2D eigenvalue weighted by atomic mass is 35.5. The molecule has 3 rings (SSSR count). The van der Waals surface area contributed by atoms with Crippen LogP contribution in [0.5, 0.6) is 0 Å². The topological polar surface area (TPSA) is 90.1 Å². The van der Waals surface area contributed by atoms with Crippen LogP contribution in [0.25, 0.3) is 5.69 Å². The van der Waals surface area contributed by atoms with Crippen LogP contribution in [0.15, 0.2) is 61.2 Å². The summed E-state index contributed by atoms with van der Waals surface area (Å²) in [5.74, 6) is -0.402. The van der Waals surface area contributed by atoms with Crippen LogP contribution in [-0.2, 0) is 6.54 Å². The van der Waals surface area contributed by atoms with E-state index in [1.165, 1.54) is 12.1 Å². The van der Waals surface area contributed by atoms with Crippen LogP contribution >= 0.6 is 11.6 Å². The number of carbonyl (C=O) groups excluding carboxylic acids is 1. The Morgan fingerprint density at radius 1 is 1.28 bits per heavy atom. The van der Waals surface area contributed by atoms with Gasteiger partial charge in [0.15, 0.2) is 0 Å². The number of benzene rings is 2. The average Bonchev–Trinajstić information content (AvgIpc) is 3.14. The number of aromatic nitrogens is 2. The minimum atomic E-state index is -0.561. The molecule has 8 heteroatoms. The van der Waals surface area contributed by atoms with Gasteiger partial charge in [-0.2, -0.15) is 0 Å². The van der Waals surface area contributed by atoms with Gasteiger partial charge in [-0.1, -0.05) is 29.8 Å². The van der Waals surface area contributed by atoms with Crippen LogP contribution < -0.4 is 5.32 Å². The summed E-state index contributed by atoms with van der Waals surface area (Å²) >= 11 is 5.98. The van der Waals surface area contributed by atoms with Crippen LogP contribution in [0.4, 0.5) is 5.69 Å². The first-order valence-electron chi connectivity index (χ1n) is 7.34. The maximum absolute atomic E-state index is 12.3. The van der Waals surface area contributed by atoms with Crippen molar-refractivity contribution < 1.29 is 9.72 Å². The average molecular weight is 357 g/mol. The van der Waals surface area contributed by atoms with Crippen molar-refractivity contribution in [1.29, 1.82) is 0 Å². The third kappa shape index (κ3) is 3.67. The van der Waals surface area contributed by atoms with Crippen molar-refractivity contribution in [3.63, 3.8) is 0 Å². The van der Waals surface area contributed by atoms with Crippen LogP contribution in [0.3, 0.4) is 0 Å². The molecule has 0 saturated heterocycles. The van der Waals surface area contributed by atoms with Gasteiger partial charge in [0.05, 0.1) is 27.5 Å². The number of carbonyl (C=O) groups is 1. The normalized spacial score (nSPS) is 10.4. The second kappa shape index (κ2) is 7.14. The number of nitro groups is 1. The van der Waals surface area contributed by atoms with E-state index in [0.29, 0.717) is 0 Å². The fourth-order valence-corrected chi connectivity index (χ4v) is 2.65. The lowest BCUT2D eigenvalue weighted by molar-refractivity contribution is -0.384. The monoisotopic (exact) mass is 356 g/mol. The van der Waals surface area contributed by atoms with Gasteiger partial charge in [0.25, 0.3) is 11.6 Å². The molecule has 1 N–H and O–H groups in total. The zero-order valence-corrected chi connectivity index (χ0v) is 13.7. The number of hydrogen-bond donors (Lipinski definition) is 1. The first-order chi connectivity index (χ1) is 12.1. The van der Waals surface area contributed by atoms with Crippen molar-refractivity contribution in [2.75, 3.05) is 0 Å². The van der Waals surface area contributed by atoms with Crippen LogP contribution in [-0.4, -0.2) is 20.4 Å². The van der Waals surface area contributed by atoms with E-state index in [1.54, 1.807) is 12.5 Å². The van der Waals surface area contributed by atoms with E-state index in [0.717, 1.165) is 17.3 Å². The van der Waals surface area contributed by atoms with Crippen molar-refractivity contribution in [2.24, 2.45) is 0 Å². The third-order valence-electron chi connectivity index (χ3n) is 3.62. The molecule has 1 amide bonds. The van der Waals surface area contributed by atoms with Gasteiger partial charge >= 0.3 is 0 Å². The Hall–Kier alpha value is -3.19. The molecule has 0 radical (unpaired) electrons. The summed E-state index contributed by atoms with van der Waals surface area (Å²) < 4.78 is 1.85. The first kappa shape index (κ1) is 16.7. The number of nitrogens with one attached hydrogen (secondary N) is 1. The Kier molecular flexibility index (Phi) is 4.76. The van der Waals surface area contributed by atoms with E-state index in [4.69, 9.17) is 11.6 Å². The largest absolute Gasteiger partial charge is 0.348 e. The number of hydrogen-bond acceptors (Lipinski definition) is 4. The molecular formula is C17H13ClN4O3.